The molecule has 1 aromatic rings. The number of hydrogen-bond donors (Lipinski definition) is 3. The predicted molar refractivity (Wildman–Crippen MR) is 103 cm³/mol. The van der Waals surface area contributed by atoms with Gasteiger partial charge in [0.05, 0.1) is 0 Å². The number of allylic oxidation sites excluding steroid dienone is 3. The molecule has 7 heteroatoms. The minimum atomic E-state index is -0.0462. The van der Waals surface area contributed by atoms with Gasteiger partial charge in [0.1, 0.15) is 5.84 Å². The molecule has 1 aliphatic carbocycles. The fourth-order valence-corrected chi connectivity index (χ4v) is 2.83. The van der Waals surface area contributed by atoms with Gasteiger partial charge in [-0.05, 0) is 30.9 Å². The second-order valence-electron chi connectivity index (χ2n) is 6.62. The van der Waals surface area contributed by atoms with Crippen LogP contribution in [-0.2, 0) is 11.3 Å². The molecule has 4 N–H and O–H groups in total. The smallest absolute Gasteiger partial charge is 0.247 e. The summed E-state index contributed by atoms with van der Waals surface area (Å²) in [6.07, 6.45) is 4.34. The van der Waals surface area contributed by atoms with E-state index < -0.39 is 0 Å². The largest absolute Gasteiger partial charge is 0.402 e. The molecule has 1 aromatic carbocycles. The summed E-state index contributed by atoms with van der Waals surface area (Å²) < 4.78 is 0. The van der Waals surface area contributed by atoms with E-state index in [0.29, 0.717) is 12.4 Å². The van der Waals surface area contributed by atoms with E-state index in [1.807, 2.05) is 62.3 Å². The maximum atomic E-state index is 12.4. The number of carbonyl (C=O) groups is 1. The highest BCUT2D eigenvalue weighted by molar-refractivity contribution is 6.01. The first-order valence-corrected chi connectivity index (χ1v) is 8.60. The standard InChI is InChI=1S/C19H24N6O/c1-12-10-16(20)8-9-17(12)19(26)21-11-14-4-6-15(7-5-14)18-23-22-13(2)25(3)24-18/h4-9,12H,10-11,20H2,1-3H3,(H,21,26)(H,23,24). The fourth-order valence-electron chi connectivity index (χ4n) is 2.83. The minimum absolute atomic E-state index is 0.0462. The van der Waals surface area contributed by atoms with Crippen molar-refractivity contribution in [2.75, 3.05) is 7.05 Å². The SMILES string of the molecule is CC1=NN=C(c2ccc(CNC(=O)C3=CC=C(N)CC3C)cc2)NN1C. The molecule has 1 unspecified atom stereocenters. The van der Waals surface area contributed by atoms with Gasteiger partial charge in [0, 0.05) is 30.4 Å². The molecule has 0 saturated heterocycles. The molecule has 0 spiro atoms. The Labute approximate surface area is 153 Å². The summed E-state index contributed by atoms with van der Waals surface area (Å²) in [5, 5.41) is 13.1. The molecule has 1 atom stereocenters. The Hall–Kier alpha value is -3.09. The lowest BCUT2D eigenvalue weighted by atomic mass is 9.91. The van der Waals surface area contributed by atoms with Gasteiger partial charge in [0.2, 0.25) is 5.91 Å². The number of nitrogens with two attached hydrogens (primary N) is 1. The number of benzene rings is 1. The van der Waals surface area contributed by atoms with Crippen LogP contribution < -0.4 is 16.5 Å². The average Bonchev–Trinajstić information content (AvgIpc) is 2.62. The Bertz CT molecular complexity index is 819. The molecule has 0 fully saturated rings. The Morgan fingerprint density at radius 1 is 1.31 bits per heavy atom. The van der Waals surface area contributed by atoms with Crippen LogP contribution in [0.1, 0.15) is 31.4 Å². The average molecular weight is 352 g/mol. The maximum absolute atomic E-state index is 12.4. The van der Waals surface area contributed by atoms with Gasteiger partial charge < -0.3 is 11.1 Å². The molecule has 0 radical (unpaired) electrons. The summed E-state index contributed by atoms with van der Waals surface area (Å²) in [6, 6.07) is 7.87. The van der Waals surface area contributed by atoms with Crippen LogP contribution in [0.4, 0.5) is 0 Å². The summed E-state index contributed by atoms with van der Waals surface area (Å²) in [5.74, 6) is 1.59. The summed E-state index contributed by atoms with van der Waals surface area (Å²) in [4.78, 5) is 12.4. The third-order valence-corrected chi connectivity index (χ3v) is 4.55. The maximum Gasteiger partial charge on any atom is 0.247 e. The van der Waals surface area contributed by atoms with Crippen molar-refractivity contribution in [2.45, 2.75) is 26.8 Å². The molecule has 1 aliphatic heterocycles. The van der Waals surface area contributed by atoms with Crippen molar-refractivity contribution >= 4 is 17.6 Å². The van der Waals surface area contributed by atoms with E-state index in [9.17, 15) is 4.79 Å². The van der Waals surface area contributed by atoms with Crippen molar-refractivity contribution in [3.05, 3.63) is 58.8 Å². The Morgan fingerprint density at radius 2 is 2.04 bits per heavy atom. The minimum Gasteiger partial charge on any atom is -0.402 e. The predicted octanol–water partition coefficient (Wildman–Crippen LogP) is 1.64. The molecule has 7 nitrogen and oxygen atoms in total. The first kappa shape index (κ1) is 17.7. The van der Waals surface area contributed by atoms with Crippen LogP contribution in [0.15, 0.2) is 57.9 Å². The zero-order valence-corrected chi connectivity index (χ0v) is 15.3. The first-order chi connectivity index (χ1) is 12.4. The zero-order chi connectivity index (χ0) is 18.7. The molecule has 1 amide bonds. The first-order valence-electron chi connectivity index (χ1n) is 8.60. The molecule has 2 aliphatic rings. The number of carbonyl (C=O) groups excluding carboxylic acids is 1. The Morgan fingerprint density at radius 3 is 2.69 bits per heavy atom. The number of amidine groups is 2. The van der Waals surface area contributed by atoms with Crippen LogP contribution in [0.3, 0.4) is 0 Å². The molecule has 26 heavy (non-hydrogen) atoms. The highest BCUT2D eigenvalue weighted by atomic mass is 16.1. The zero-order valence-electron chi connectivity index (χ0n) is 15.3. The Kier molecular flexibility index (Phi) is 5.06. The van der Waals surface area contributed by atoms with Crippen molar-refractivity contribution in [3.63, 3.8) is 0 Å². The number of nitrogens with one attached hydrogen (secondary N) is 2. The topological polar surface area (TPSA) is 95.1 Å². The molecule has 0 bridgehead atoms. The number of hydrazine groups is 1. The lowest BCUT2D eigenvalue weighted by Gasteiger charge is -2.24. The van der Waals surface area contributed by atoms with Gasteiger partial charge in [-0.25, -0.2) is 0 Å². The molecule has 0 saturated carbocycles. The van der Waals surface area contributed by atoms with Crippen molar-refractivity contribution in [1.29, 1.82) is 0 Å². The van der Waals surface area contributed by atoms with Crippen molar-refractivity contribution in [2.24, 2.45) is 21.9 Å². The molecular formula is C19H24N6O. The molecule has 1 heterocycles. The van der Waals surface area contributed by atoms with E-state index in [1.54, 1.807) is 0 Å². The third kappa shape index (κ3) is 3.93. The van der Waals surface area contributed by atoms with Gasteiger partial charge in [-0.2, -0.15) is 0 Å². The van der Waals surface area contributed by atoms with Gasteiger partial charge in [-0.1, -0.05) is 37.3 Å². The summed E-state index contributed by atoms with van der Waals surface area (Å²) >= 11 is 0. The molecule has 136 valence electrons. The van der Waals surface area contributed by atoms with Gasteiger partial charge >= 0.3 is 0 Å². The molecule has 0 aromatic heterocycles. The van der Waals surface area contributed by atoms with E-state index >= 15 is 0 Å². The van der Waals surface area contributed by atoms with Gasteiger partial charge in [-0.3, -0.25) is 15.2 Å². The lowest BCUT2D eigenvalue weighted by Crippen LogP contribution is -2.44. The Balaban J connectivity index is 1.61. The molecule has 3 rings (SSSR count). The third-order valence-electron chi connectivity index (χ3n) is 4.55. The van der Waals surface area contributed by atoms with Crippen LogP contribution in [0.25, 0.3) is 0 Å². The van der Waals surface area contributed by atoms with Gasteiger partial charge in [-0.15, -0.1) is 10.2 Å². The van der Waals surface area contributed by atoms with Crippen LogP contribution in [-0.4, -0.2) is 29.6 Å². The second-order valence-corrected chi connectivity index (χ2v) is 6.62. The highest BCUT2D eigenvalue weighted by Crippen LogP contribution is 2.22. The van der Waals surface area contributed by atoms with E-state index in [2.05, 4.69) is 20.9 Å². The van der Waals surface area contributed by atoms with E-state index in [-0.39, 0.29) is 11.8 Å². The second kappa shape index (κ2) is 7.43. The number of hydrogen-bond acceptors (Lipinski definition) is 6. The monoisotopic (exact) mass is 352 g/mol. The number of amides is 1. The van der Waals surface area contributed by atoms with Crippen LogP contribution >= 0.6 is 0 Å². The normalized spacial score (nSPS) is 19.7. The van der Waals surface area contributed by atoms with Gasteiger partial charge in [0.15, 0.2) is 5.84 Å². The summed E-state index contributed by atoms with van der Waals surface area (Å²) in [6.45, 7) is 4.37. The summed E-state index contributed by atoms with van der Waals surface area (Å²) in [7, 11) is 1.89. The lowest BCUT2D eigenvalue weighted by molar-refractivity contribution is -0.118. The van der Waals surface area contributed by atoms with E-state index in [4.69, 9.17) is 5.73 Å². The van der Waals surface area contributed by atoms with Crippen molar-refractivity contribution in [3.8, 4) is 0 Å². The van der Waals surface area contributed by atoms with Crippen LogP contribution in [0.2, 0.25) is 0 Å². The summed E-state index contributed by atoms with van der Waals surface area (Å²) in [5.41, 5.74) is 12.5. The van der Waals surface area contributed by atoms with Crippen LogP contribution in [0, 0.1) is 5.92 Å². The van der Waals surface area contributed by atoms with Crippen molar-refractivity contribution in [1.82, 2.24) is 15.8 Å². The number of rotatable bonds is 4. The van der Waals surface area contributed by atoms with E-state index in [1.165, 1.54) is 0 Å². The van der Waals surface area contributed by atoms with Crippen molar-refractivity contribution < 1.29 is 4.79 Å². The highest BCUT2D eigenvalue weighted by Gasteiger charge is 2.19. The van der Waals surface area contributed by atoms with Gasteiger partial charge in [0.25, 0.3) is 0 Å². The van der Waals surface area contributed by atoms with Crippen LogP contribution in [0.5, 0.6) is 0 Å². The van der Waals surface area contributed by atoms with E-state index in [0.717, 1.165) is 34.7 Å². The quantitative estimate of drug-likeness (QED) is 0.768. The fraction of sp³-hybridized carbons (Fsp3) is 0.316. The number of nitrogens with zero attached hydrogens (tertiary/aromatic N) is 3. The molecular weight excluding hydrogens is 328 g/mol.